The van der Waals surface area contributed by atoms with Crippen LogP contribution >= 0.6 is 11.6 Å². The summed E-state index contributed by atoms with van der Waals surface area (Å²) in [6.07, 6.45) is 5.39. The van der Waals surface area contributed by atoms with Gasteiger partial charge in [-0.25, -0.2) is 0 Å². The van der Waals surface area contributed by atoms with Crippen molar-refractivity contribution in [1.29, 1.82) is 0 Å². The third kappa shape index (κ3) is 8.03. The monoisotopic (exact) mass is 397 g/mol. The van der Waals surface area contributed by atoms with Crippen LogP contribution < -0.4 is 16.8 Å². The lowest BCUT2D eigenvalue weighted by Crippen LogP contribution is -2.41. The molecule has 0 aliphatic carbocycles. The van der Waals surface area contributed by atoms with Crippen LogP contribution in [0.5, 0.6) is 0 Å². The van der Waals surface area contributed by atoms with Crippen LogP contribution in [0.2, 0.25) is 0 Å². The minimum Gasteiger partial charge on any atom is -0.397 e. The molecule has 154 valence electrons. The van der Waals surface area contributed by atoms with Crippen molar-refractivity contribution in [2.75, 3.05) is 33.2 Å². The number of aldehydes is 1. The van der Waals surface area contributed by atoms with Crippen LogP contribution in [0, 0.1) is 5.92 Å². The molecule has 1 rings (SSSR count). The van der Waals surface area contributed by atoms with Gasteiger partial charge in [-0.3, -0.25) is 14.7 Å². The summed E-state index contributed by atoms with van der Waals surface area (Å²) < 4.78 is 0. The van der Waals surface area contributed by atoms with Crippen molar-refractivity contribution in [3.63, 3.8) is 0 Å². The van der Waals surface area contributed by atoms with Gasteiger partial charge in [-0.05, 0) is 45.2 Å². The molecular weight excluding hydrogens is 362 g/mol. The maximum atomic E-state index is 11.0. The Balaban J connectivity index is 2.95. The van der Waals surface area contributed by atoms with E-state index in [9.17, 15) is 4.79 Å². The second kappa shape index (κ2) is 12.2. The first-order valence-corrected chi connectivity index (χ1v) is 10.2. The van der Waals surface area contributed by atoms with Gasteiger partial charge in [-0.2, -0.15) is 0 Å². The normalized spacial score (nSPS) is 21.6. The number of allylic oxidation sites excluding steroid dienone is 1. The number of carbonyl (C=O) groups excluding carboxylic acids is 1. The van der Waals surface area contributed by atoms with Gasteiger partial charge in [-0.1, -0.05) is 31.9 Å². The van der Waals surface area contributed by atoms with E-state index in [1.165, 1.54) is 19.3 Å². The molecule has 0 aromatic heterocycles. The number of hydrogen-bond acceptors (Lipinski definition) is 6. The number of carbonyl (C=O) groups is 1. The number of nitrogens with zero attached hydrogens (tertiary/aromatic N) is 2. The lowest BCUT2D eigenvalue weighted by molar-refractivity contribution is -0.104. The van der Waals surface area contributed by atoms with Crippen LogP contribution in [0.4, 0.5) is 0 Å². The Morgan fingerprint density at radius 2 is 2.04 bits per heavy atom. The predicted molar refractivity (Wildman–Crippen MR) is 115 cm³/mol. The number of rotatable bonds is 9. The van der Waals surface area contributed by atoms with Crippen LogP contribution in [0.1, 0.15) is 46.5 Å². The molecule has 1 atom stereocenters. The van der Waals surface area contributed by atoms with Gasteiger partial charge >= 0.3 is 0 Å². The van der Waals surface area contributed by atoms with Crippen molar-refractivity contribution < 1.29 is 4.79 Å². The maximum absolute atomic E-state index is 11.0. The second-order valence-corrected chi connectivity index (χ2v) is 8.04. The van der Waals surface area contributed by atoms with Gasteiger partial charge in [0.15, 0.2) is 0 Å². The van der Waals surface area contributed by atoms with E-state index < -0.39 is 0 Å². The number of halogens is 1. The van der Waals surface area contributed by atoms with E-state index in [0.29, 0.717) is 46.8 Å². The van der Waals surface area contributed by atoms with E-state index in [0.717, 1.165) is 26.1 Å². The Hall–Kier alpha value is -1.37. The van der Waals surface area contributed by atoms with Crippen LogP contribution in [0.25, 0.3) is 0 Å². The first-order chi connectivity index (χ1) is 12.8. The zero-order valence-electron chi connectivity index (χ0n) is 17.2. The largest absolute Gasteiger partial charge is 0.397 e. The van der Waals surface area contributed by atoms with Crippen molar-refractivity contribution in [2.45, 2.75) is 52.5 Å². The first-order valence-electron chi connectivity index (χ1n) is 9.79. The molecular formula is C20H36ClN5O. The highest BCUT2D eigenvalue weighted by Crippen LogP contribution is 2.18. The van der Waals surface area contributed by atoms with E-state index >= 15 is 0 Å². The summed E-state index contributed by atoms with van der Waals surface area (Å²) in [7, 11) is 1.63. The highest BCUT2D eigenvalue weighted by molar-refractivity contribution is 6.69. The van der Waals surface area contributed by atoms with Crippen molar-refractivity contribution in [1.82, 2.24) is 10.2 Å². The van der Waals surface area contributed by atoms with Crippen LogP contribution in [-0.2, 0) is 4.79 Å². The molecule has 6 nitrogen and oxygen atoms in total. The van der Waals surface area contributed by atoms with Crippen molar-refractivity contribution in [3.8, 4) is 0 Å². The third-order valence-electron chi connectivity index (χ3n) is 4.95. The smallest absolute Gasteiger partial charge is 0.147 e. The Labute approximate surface area is 169 Å². The molecule has 0 spiro atoms. The van der Waals surface area contributed by atoms with Crippen molar-refractivity contribution >= 4 is 23.1 Å². The minimum atomic E-state index is 0.267. The summed E-state index contributed by atoms with van der Waals surface area (Å²) in [6, 6.07) is 0.454. The molecule has 1 unspecified atom stereocenters. The Morgan fingerprint density at radius 1 is 1.33 bits per heavy atom. The molecule has 0 saturated carbocycles. The van der Waals surface area contributed by atoms with E-state index in [1.807, 2.05) is 0 Å². The quantitative estimate of drug-likeness (QED) is 0.240. The van der Waals surface area contributed by atoms with Gasteiger partial charge in [-0.15, -0.1) is 0 Å². The van der Waals surface area contributed by atoms with Gasteiger partial charge in [0.25, 0.3) is 0 Å². The molecule has 5 N–H and O–H groups in total. The zero-order chi connectivity index (χ0) is 20.4. The lowest BCUT2D eigenvalue weighted by atomic mass is 10.1. The summed E-state index contributed by atoms with van der Waals surface area (Å²) in [4.78, 5) is 17.5. The molecule has 0 aromatic rings. The molecule has 1 heterocycles. The van der Waals surface area contributed by atoms with Crippen LogP contribution in [0.3, 0.4) is 0 Å². The fourth-order valence-corrected chi connectivity index (χ4v) is 3.33. The topological polar surface area (TPSA) is 96.7 Å². The van der Waals surface area contributed by atoms with Crippen LogP contribution in [0.15, 0.2) is 27.5 Å². The van der Waals surface area contributed by atoms with Gasteiger partial charge in [0.05, 0.1) is 11.4 Å². The zero-order valence-corrected chi connectivity index (χ0v) is 18.0. The highest BCUT2D eigenvalue weighted by atomic mass is 35.5. The molecule has 7 heteroatoms. The van der Waals surface area contributed by atoms with Gasteiger partial charge < -0.3 is 16.8 Å². The fourth-order valence-electron chi connectivity index (χ4n) is 3.17. The second-order valence-electron chi connectivity index (χ2n) is 7.69. The number of nitrogens with two attached hydrogens (primary N) is 2. The maximum Gasteiger partial charge on any atom is 0.147 e. The molecule has 0 aromatic carbocycles. The minimum absolute atomic E-state index is 0.267. The third-order valence-corrected chi connectivity index (χ3v) is 5.35. The SMILES string of the molecule is CN=C(Cl)/C(CN1CCCCC(NCCC(C)C)C1)=C(N)/C(N)=C(\C)C=O. The number of nitrogens with one attached hydrogen (secondary N) is 1. The van der Waals surface area contributed by atoms with Gasteiger partial charge in [0, 0.05) is 37.3 Å². The summed E-state index contributed by atoms with van der Waals surface area (Å²) in [5.41, 5.74) is 14.0. The highest BCUT2D eigenvalue weighted by Gasteiger charge is 2.22. The average molecular weight is 398 g/mol. The summed E-state index contributed by atoms with van der Waals surface area (Å²) >= 11 is 6.34. The Morgan fingerprint density at radius 3 is 2.63 bits per heavy atom. The number of hydrogen-bond donors (Lipinski definition) is 3. The van der Waals surface area contributed by atoms with Crippen molar-refractivity contribution in [3.05, 3.63) is 22.5 Å². The molecule has 0 bridgehead atoms. The molecule has 1 aliphatic rings. The van der Waals surface area contributed by atoms with E-state index in [4.69, 9.17) is 23.1 Å². The number of aliphatic imine (C=N–C) groups is 1. The standard InChI is InChI=1S/C20H36ClN5O/c1-14(2)8-9-25-16-7-5-6-10-26(11-16)12-17(20(21)24-4)19(23)18(22)15(3)13-27/h13-14,16,25H,5-12,22-23H2,1-4H3/b18-15-,19-17-,24-20?. The summed E-state index contributed by atoms with van der Waals surface area (Å²) in [5, 5.41) is 4.02. The lowest BCUT2D eigenvalue weighted by Gasteiger charge is -2.27. The molecule has 1 fully saturated rings. The summed E-state index contributed by atoms with van der Waals surface area (Å²) in [5.74, 6) is 0.698. The molecule has 1 aliphatic heterocycles. The van der Waals surface area contributed by atoms with E-state index in [2.05, 4.69) is 29.1 Å². The molecule has 0 amide bonds. The molecule has 0 radical (unpaired) electrons. The van der Waals surface area contributed by atoms with E-state index in [1.54, 1.807) is 14.0 Å². The Kier molecular flexibility index (Phi) is 10.7. The van der Waals surface area contributed by atoms with E-state index in [-0.39, 0.29) is 5.70 Å². The number of likely N-dealkylation sites (tertiary alicyclic amines) is 1. The molecule has 1 saturated heterocycles. The van der Waals surface area contributed by atoms with Gasteiger partial charge in [0.2, 0.25) is 0 Å². The van der Waals surface area contributed by atoms with Crippen LogP contribution in [-0.4, -0.2) is 55.6 Å². The Bertz CT molecular complexity index is 583. The fraction of sp³-hybridized carbons (Fsp3) is 0.700. The molecule has 27 heavy (non-hydrogen) atoms. The summed E-state index contributed by atoms with van der Waals surface area (Å²) in [6.45, 7) is 9.63. The van der Waals surface area contributed by atoms with Gasteiger partial charge in [0.1, 0.15) is 11.5 Å². The first kappa shape index (κ1) is 23.7. The predicted octanol–water partition coefficient (Wildman–Crippen LogP) is 2.39. The average Bonchev–Trinajstić information content (AvgIpc) is 2.88. The van der Waals surface area contributed by atoms with Crippen molar-refractivity contribution in [2.24, 2.45) is 22.4 Å².